The fraction of sp³-hybridized carbons (Fsp3) is 0.588. The Labute approximate surface area is 122 Å². The van der Waals surface area contributed by atoms with Crippen LogP contribution in [0.25, 0.3) is 0 Å². The topological polar surface area (TPSA) is 32.3 Å². The average molecular weight is 274 g/mol. The van der Waals surface area contributed by atoms with E-state index in [9.17, 15) is 4.79 Å². The second-order valence-electron chi connectivity index (χ2n) is 5.78. The van der Waals surface area contributed by atoms with Gasteiger partial charge in [-0.1, -0.05) is 44.0 Å². The summed E-state index contributed by atoms with van der Waals surface area (Å²) in [7, 11) is 0. The van der Waals surface area contributed by atoms with Gasteiger partial charge in [-0.05, 0) is 37.8 Å². The highest BCUT2D eigenvalue weighted by Crippen LogP contribution is 2.29. The molecule has 2 rings (SSSR count). The van der Waals surface area contributed by atoms with E-state index < -0.39 is 0 Å². The molecule has 0 aromatic heterocycles. The number of carbonyl (C=O) groups is 1. The first-order chi connectivity index (χ1) is 9.58. The van der Waals surface area contributed by atoms with E-state index in [0.29, 0.717) is 0 Å². The largest absolute Gasteiger partial charge is 0.322 e. The minimum Gasteiger partial charge on any atom is -0.322 e. The lowest BCUT2D eigenvalue weighted by atomic mass is 10.0. The second-order valence-corrected chi connectivity index (χ2v) is 5.78. The predicted octanol–water partition coefficient (Wildman–Crippen LogP) is 3.31. The Kier molecular flexibility index (Phi) is 4.81. The monoisotopic (exact) mass is 274 g/mol. The summed E-state index contributed by atoms with van der Waals surface area (Å²) in [5.74, 6) is 0.256. The zero-order chi connectivity index (χ0) is 14.7. The van der Waals surface area contributed by atoms with Gasteiger partial charge in [0.2, 0.25) is 5.91 Å². The van der Waals surface area contributed by atoms with Gasteiger partial charge < -0.3 is 4.90 Å². The highest BCUT2D eigenvalue weighted by molar-refractivity contribution is 5.84. The smallest absolute Gasteiger partial charge is 0.241 e. The van der Waals surface area contributed by atoms with E-state index in [2.05, 4.69) is 51.2 Å². The van der Waals surface area contributed by atoms with Crippen molar-refractivity contribution >= 4 is 5.91 Å². The van der Waals surface area contributed by atoms with Crippen molar-refractivity contribution in [2.75, 3.05) is 6.54 Å². The lowest BCUT2D eigenvalue weighted by Crippen LogP contribution is -2.32. The first kappa shape index (κ1) is 15.0. The fourth-order valence-corrected chi connectivity index (χ4v) is 2.85. The first-order valence-electron chi connectivity index (χ1n) is 7.72. The van der Waals surface area contributed by atoms with Gasteiger partial charge in [0.1, 0.15) is 6.17 Å². The highest BCUT2D eigenvalue weighted by Gasteiger charge is 2.38. The lowest BCUT2D eigenvalue weighted by Gasteiger charge is -2.26. The molecule has 2 atom stereocenters. The Morgan fingerprint density at radius 3 is 2.65 bits per heavy atom. The van der Waals surface area contributed by atoms with E-state index in [4.69, 9.17) is 0 Å². The van der Waals surface area contributed by atoms with E-state index in [1.165, 1.54) is 16.7 Å². The van der Waals surface area contributed by atoms with Crippen molar-refractivity contribution < 1.29 is 4.79 Å². The second kappa shape index (κ2) is 6.40. The summed E-state index contributed by atoms with van der Waals surface area (Å²) in [4.78, 5) is 14.5. The normalized spacial score (nSPS) is 22.6. The van der Waals surface area contributed by atoms with Gasteiger partial charge in [0, 0.05) is 6.54 Å². The summed E-state index contributed by atoms with van der Waals surface area (Å²) in [6, 6.07) is 6.45. The number of hydrogen-bond donors (Lipinski definition) is 1. The number of nitrogens with one attached hydrogen (secondary N) is 1. The van der Waals surface area contributed by atoms with Crippen molar-refractivity contribution in [2.24, 2.45) is 0 Å². The predicted molar refractivity (Wildman–Crippen MR) is 82.5 cm³/mol. The lowest BCUT2D eigenvalue weighted by molar-refractivity contribution is -0.130. The van der Waals surface area contributed by atoms with Crippen molar-refractivity contribution in [3.8, 4) is 0 Å². The Bertz CT molecular complexity index is 484. The molecular weight excluding hydrogens is 248 g/mol. The Hall–Kier alpha value is -1.35. The van der Waals surface area contributed by atoms with Crippen LogP contribution in [0.1, 0.15) is 56.0 Å². The molecule has 0 bridgehead atoms. The molecule has 3 heteroatoms. The van der Waals surface area contributed by atoms with Crippen LogP contribution in [0.3, 0.4) is 0 Å². The SMILES string of the molecule is CCCCN1C(=O)C(CC)NC1c1cc(C)ccc1C. The zero-order valence-electron chi connectivity index (χ0n) is 13.1. The third kappa shape index (κ3) is 2.88. The summed E-state index contributed by atoms with van der Waals surface area (Å²) in [6.45, 7) is 9.31. The molecule has 20 heavy (non-hydrogen) atoms. The van der Waals surface area contributed by atoms with Crippen molar-refractivity contribution in [1.29, 1.82) is 0 Å². The van der Waals surface area contributed by atoms with Gasteiger partial charge in [0.05, 0.1) is 6.04 Å². The molecule has 1 aliphatic heterocycles. The van der Waals surface area contributed by atoms with Gasteiger partial charge in [-0.25, -0.2) is 0 Å². The molecule has 1 amide bonds. The fourth-order valence-electron chi connectivity index (χ4n) is 2.85. The third-order valence-corrected chi connectivity index (χ3v) is 4.14. The number of amides is 1. The number of benzene rings is 1. The quantitative estimate of drug-likeness (QED) is 0.893. The van der Waals surface area contributed by atoms with E-state index in [0.717, 1.165) is 25.8 Å². The number of hydrogen-bond acceptors (Lipinski definition) is 2. The van der Waals surface area contributed by atoms with Gasteiger partial charge in [-0.15, -0.1) is 0 Å². The number of unbranched alkanes of at least 4 members (excludes halogenated alkanes) is 1. The summed E-state index contributed by atoms with van der Waals surface area (Å²) in [5, 5.41) is 3.51. The van der Waals surface area contributed by atoms with Gasteiger partial charge in [-0.3, -0.25) is 10.1 Å². The molecule has 110 valence electrons. The molecule has 2 unspecified atom stereocenters. The van der Waals surface area contributed by atoms with Crippen molar-refractivity contribution in [1.82, 2.24) is 10.2 Å². The minimum atomic E-state index is -0.0308. The van der Waals surface area contributed by atoms with E-state index >= 15 is 0 Å². The molecule has 0 spiro atoms. The molecule has 0 saturated carbocycles. The van der Waals surface area contributed by atoms with Crippen LogP contribution >= 0.6 is 0 Å². The van der Waals surface area contributed by atoms with Crippen LogP contribution < -0.4 is 5.32 Å². The van der Waals surface area contributed by atoms with Gasteiger partial charge >= 0.3 is 0 Å². The van der Waals surface area contributed by atoms with Crippen molar-refractivity contribution in [3.05, 3.63) is 34.9 Å². The molecule has 1 aliphatic rings. The Morgan fingerprint density at radius 2 is 2.00 bits per heavy atom. The maximum Gasteiger partial charge on any atom is 0.241 e. The Morgan fingerprint density at radius 1 is 1.25 bits per heavy atom. The maximum absolute atomic E-state index is 12.5. The van der Waals surface area contributed by atoms with E-state index in [1.54, 1.807) is 0 Å². The molecule has 1 aromatic carbocycles. The molecule has 1 aromatic rings. The molecule has 0 aliphatic carbocycles. The molecule has 0 radical (unpaired) electrons. The molecule has 3 nitrogen and oxygen atoms in total. The zero-order valence-corrected chi connectivity index (χ0v) is 13.1. The number of aryl methyl sites for hydroxylation is 2. The van der Waals surface area contributed by atoms with E-state index in [1.807, 2.05) is 4.90 Å². The van der Waals surface area contributed by atoms with Crippen LogP contribution in [0, 0.1) is 13.8 Å². The molecule has 1 saturated heterocycles. The Balaban J connectivity index is 2.31. The van der Waals surface area contributed by atoms with Crippen molar-refractivity contribution in [3.63, 3.8) is 0 Å². The molecule has 1 fully saturated rings. The standard InChI is InChI=1S/C17H26N2O/c1-5-7-10-19-16(18-15(6-2)17(19)20)14-11-12(3)8-9-13(14)4/h8-9,11,15-16,18H,5-7,10H2,1-4H3. The third-order valence-electron chi connectivity index (χ3n) is 4.14. The van der Waals surface area contributed by atoms with Gasteiger partial charge in [-0.2, -0.15) is 0 Å². The maximum atomic E-state index is 12.5. The first-order valence-corrected chi connectivity index (χ1v) is 7.72. The summed E-state index contributed by atoms with van der Waals surface area (Å²) in [5.41, 5.74) is 3.74. The summed E-state index contributed by atoms with van der Waals surface area (Å²) >= 11 is 0. The number of rotatable bonds is 5. The van der Waals surface area contributed by atoms with E-state index in [-0.39, 0.29) is 18.1 Å². The number of nitrogens with zero attached hydrogens (tertiary/aromatic N) is 1. The van der Waals surface area contributed by atoms with Crippen LogP contribution in [-0.4, -0.2) is 23.4 Å². The summed E-state index contributed by atoms with van der Waals surface area (Å²) < 4.78 is 0. The minimum absolute atomic E-state index is 0.0308. The van der Waals surface area contributed by atoms with Crippen LogP contribution in [0.4, 0.5) is 0 Å². The molecular formula is C17H26N2O. The molecule has 1 heterocycles. The highest BCUT2D eigenvalue weighted by atomic mass is 16.2. The molecule has 1 N–H and O–H groups in total. The van der Waals surface area contributed by atoms with Crippen LogP contribution in [0.5, 0.6) is 0 Å². The average Bonchev–Trinajstić information content (AvgIpc) is 2.75. The van der Waals surface area contributed by atoms with Crippen LogP contribution in [0.15, 0.2) is 18.2 Å². The van der Waals surface area contributed by atoms with Crippen LogP contribution in [0.2, 0.25) is 0 Å². The van der Waals surface area contributed by atoms with Crippen molar-refractivity contribution in [2.45, 2.75) is 59.2 Å². The van der Waals surface area contributed by atoms with Gasteiger partial charge in [0.25, 0.3) is 0 Å². The van der Waals surface area contributed by atoms with Crippen LogP contribution in [-0.2, 0) is 4.79 Å². The van der Waals surface area contributed by atoms with Gasteiger partial charge in [0.15, 0.2) is 0 Å². The number of carbonyl (C=O) groups excluding carboxylic acids is 1. The summed E-state index contributed by atoms with van der Waals surface area (Å²) in [6.07, 6.45) is 3.06.